The van der Waals surface area contributed by atoms with Gasteiger partial charge in [0.2, 0.25) is 6.79 Å². The van der Waals surface area contributed by atoms with Gasteiger partial charge in [-0.05, 0) is 43.7 Å². The van der Waals surface area contributed by atoms with Crippen LogP contribution in [0.2, 0.25) is 0 Å². The number of aryl methyl sites for hydroxylation is 2. The first kappa shape index (κ1) is 13.2. The number of benzene rings is 1. The number of ether oxygens (including phenoxy) is 2. The molecule has 1 aliphatic heterocycles. The molecule has 5 heteroatoms. The minimum atomic E-state index is 0.291. The summed E-state index contributed by atoms with van der Waals surface area (Å²) in [4.78, 5) is 4.45. The number of halogens is 1. The molecule has 104 valence electrons. The Balaban J connectivity index is 1.78. The zero-order valence-corrected chi connectivity index (χ0v) is 13.0. The fraction of sp³-hybridized carbons (Fsp3) is 0.267. The monoisotopic (exact) mass is 334 g/mol. The van der Waals surface area contributed by atoms with Crippen LogP contribution in [-0.4, -0.2) is 11.8 Å². The third kappa shape index (κ3) is 2.58. The van der Waals surface area contributed by atoms with Crippen molar-refractivity contribution in [2.75, 3.05) is 12.1 Å². The second kappa shape index (κ2) is 5.32. The fourth-order valence-corrected chi connectivity index (χ4v) is 2.62. The van der Waals surface area contributed by atoms with Crippen LogP contribution in [0.15, 0.2) is 28.7 Å². The number of hydrogen-bond donors (Lipinski definition) is 1. The van der Waals surface area contributed by atoms with E-state index in [9.17, 15) is 0 Å². The molecule has 0 bridgehead atoms. The van der Waals surface area contributed by atoms with Gasteiger partial charge in [-0.2, -0.15) is 0 Å². The summed E-state index contributed by atoms with van der Waals surface area (Å²) in [5.41, 5.74) is 4.19. The van der Waals surface area contributed by atoms with E-state index in [0.717, 1.165) is 38.6 Å². The molecule has 0 aliphatic carbocycles. The quantitative estimate of drug-likeness (QED) is 0.927. The van der Waals surface area contributed by atoms with E-state index in [2.05, 4.69) is 32.3 Å². The number of fused-ring (bicyclic) bond motifs is 1. The Morgan fingerprint density at radius 1 is 1.20 bits per heavy atom. The largest absolute Gasteiger partial charge is 0.454 e. The highest BCUT2D eigenvalue weighted by Crippen LogP contribution is 2.37. The lowest BCUT2D eigenvalue weighted by atomic mass is 10.2. The molecular formula is C15H15BrN2O2. The number of pyridine rings is 1. The number of hydrogen-bond acceptors (Lipinski definition) is 4. The van der Waals surface area contributed by atoms with Crippen molar-refractivity contribution in [1.29, 1.82) is 0 Å². The first-order chi connectivity index (χ1) is 9.63. The van der Waals surface area contributed by atoms with Gasteiger partial charge in [0.25, 0.3) is 0 Å². The first-order valence-corrected chi connectivity index (χ1v) is 7.19. The molecule has 1 aliphatic rings. The van der Waals surface area contributed by atoms with Gasteiger partial charge in [0.15, 0.2) is 11.5 Å². The normalized spacial score (nSPS) is 12.6. The van der Waals surface area contributed by atoms with Gasteiger partial charge >= 0.3 is 0 Å². The van der Waals surface area contributed by atoms with E-state index in [1.54, 1.807) is 0 Å². The molecule has 2 heterocycles. The molecule has 1 N–H and O–H groups in total. The molecule has 1 aromatic heterocycles. The molecule has 0 atom stereocenters. The van der Waals surface area contributed by atoms with E-state index in [1.165, 1.54) is 0 Å². The molecular weight excluding hydrogens is 320 g/mol. The Morgan fingerprint density at radius 2 is 1.95 bits per heavy atom. The SMILES string of the molecule is Cc1ccc(NCc2cc3c(cc2Br)OCO3)c(C)n1. The first-order valence-electron chi connectivity index (χ1n) is 6.39. The molecule has 0 spiro atoms. The molecule has 0 fully saturated rings. The third-order valence-corrected chi connectivity index (χ3v) is 3.97. The van der Waals surface area contributed by atoms with Crippen molar-refractivity contribution < 1.29 is 9.47 Å². The Labute approximate surface area is 126 Å². The lowest BCUT2D eigenvalue weighted by Gasteiger charge is -2.11. The van der Waals surface area contributed by atoms with Gasteiger partial charge < -0.3 is 14.8 Å². The maximum absolute atomic E-state index is 5.40. The second-order valence-electron chi connectivity index (χ2n) is 4.74. The van der Waals surface area contributed by atoms with E-state index in [1.807, 2.05) is 32.0 Å². The molecule has 0 unspecified atom stereocenters. The van der Waals surface area contributed by atoms with E-state index in [-0.39, 0.29) is 0 Å². The fourth-order valence-electron chi connectivity index (χ4n) is 2.16. The van der Waals surface area contributed by atoms with Crippen molar-refractivity contribution in [2.24, 2.45) is 0 Å². The summed E-state index contributed by atoms with van der Waals surface area (Å²) >= 11 is 3.56. The van der Waals surface area contributed by atoms with Gasteiger partial charge in [-0.15, -0.1) is 0 Å². The van der Waals surface area contributed by atoms with Crippen LogP contribution >= 0.6 is 15.9 Å². The van der Waals surface area contributed by atoms with Crippen LogP contribution in [0, 0.1) is 13.8 Å². The number of anilines is 1. The third-order valence-electron chi connectivity index (χ3n) is 3.24. The topological polar surface area (TPSA) is 43.4 Å². The van der Waals surface area contributed by atoms with E-state index < -0.39 is 0 Å². The molecule has 0 saturated heterocycles. The standard InChI is InChI=1S/C15H15BrN2O2/c1-9-3-4-13(10(2)18-9)17-7-11-5-14-15(6-12(11)16)20-8-19-14/h3-6,17H,7-8H2,1-2H3. The van der Waals surface area contributed by atoms with Crippen molar-refractivity contribution in [3.63, 3.8) is 0 Å². The maximum atomic E-state index is 5.40. The highest BCUT2D eigenvalue weighted by atomic mass is 79.9. The molecule has 1 aromatic carbocycles. The number of nitrogens with one attached hydrogen (secondary N) is 1. The maximum Gasteiger partial charge on any atom is 0.231 e. The van der Waals surface area contributed by atoms with Crippen molar-refractivity contribution >= 4 is 21.6 Å². The summed E-state index contributed by atoms with van der Waals surface area (Å²) in [6, 6.07) is 8.00. The summed E-state index contributed by atoms with van der Waals surface area (Å²) in [6.07, 6.45) is 0. The summed E-state index contributed by atoms with van der Waals surface area (Å²) in [5, 5.41) is 3.40. The van der Waals surface area contributed by atoms with Gasteiger partial charge in [-0.25, -0.2) is 0 Å². The lowest BCUT2D eigenvalue weighted by molar-refractivity contribution is 0.174. The molecule has 0 saturated carbocycles. The number of rotatable bonds is 3. The highest BCUT2D eigenvalue weighted by Gasteiger charge is 2.16. The smallest absolute Gasteiger partial charge is 0.231 e. The molecule has 0 radical (unpaired) electrons. The predicted octanol–water partition coefficient (Wildman–Crippen LogP) is 3.80. The van der Waals surface area contributed by atoms with Crippen LogP contribution in [-0.2, 0) is 6.54 Å². The van der Waals surface area contributed by atoms with E-state index >= 15 is 0 Å². The summed E-state index contributed by atoms with van der Waals surface area (Å²) in [5.74, 6) is 1.58. The Bertz CT molecular complexity index is 659. The van der Waals surface area contributed by atoms with Crippen LogP contribution in [0.1, 0.15) is 17.0 Å². The Morgan fingerprint density at radius 3 is 2.70 bits per heavy atom. The van der Waals surface area contributed by atoms with E-state index in [0.29, 0.717) is 13.3 Å². The van der Waals surface area contributed by atoms with Gasteiger partial charge in [0, 0.05) is 16.7 Å². The van der Waals surface area contributed by atoms with Crippen molar-refractivity contribution in [1.82, 2.24) is 4.98 Å². The summed E-state index contributed by atoms with van der Waals surface area (Å²) in [6.45, 7) is 4.98. The highest BCUT2D eigenvalue weighted by molar-refractivity contribution is 9.10. The average molecular weight is 335 g/mol. The van der Waals surface area contributed by atoms with Gasteiger partial charge in [0.05, 0.1) is 11.4 Å². The second-order valence-corrected chi connectivity index (χ2v) is 5.59. The van der Waals surface area contributed by atoms with Crippen LogP contribution in [0.25, 0.3) is 0 Å². The van der Waals surface area contributed by atoms with Crippen molar-refractivity contribution in [3.8, 4) is 11.5 Å². The molecule has 4 nitrogen and oxygen atoms in total. The Hall–Kier alpha value is -1.75. The number of nitrogens with zero attached hydrogens (tertiary/aromatic N) is 1. The number of aromatic nitrogens is 1. The minimum Gasteiger partial charge on any atom is -0.454 e. The predicted molar refractivity (Wildman–Crippen MR) is 81.3 cm³/mol. The van der Waals surface area contributed by atoms with Crippen molar-refractivity contribution in [2.45, 2.75) is 20.4 Å². The van der Waals surface area contributed by atoms with Crippen LogP contribution in [0.3, 0.4) is 0 Å². The lowest BCUT2D eigenvalue weighted by Crippen LogP contribution is -2.03. The van der Waals surface area contributed by atoms with Gasteiger partial charge in [-0.1, -0.05) is 15.9 Å². The van der Waals surface area contributed by atoms with Gasteiger partial charge in [-0.3, -0.25) is 4.98 Å². The summed E-state index contributed by atoms with van der Waals surface area (Å²) < 4.78 is 11.8. The zero-order valence-electron chi connectivity index (χ0n) is 11.4. The molecule has 3 rings (SSSR count). The molecule has 0 amide bonds. The molecule has 20 heavy (non-hydrogen) atoms. The minimum absolute atomic E-state index is 0.291. The van der Waals surface area contributed by atoms with E-state index in [4.69, 9.17) is 9.47 Å². The van der Waals surface area contributed by atoms with Gasteiger partial charge in [0.1, 0.15) is 0 Å². The zero-order chi connectivity index (χ0) is 14.1. The van der Waals surface area contributed by atoms with Crippen LogP contribution in [0.4, 0.5) is 5.69 Å². The van der Waals surface area contributed by atoms with Crippen LogP contribution < -0.4 is 14.8 Å². The summed E-state index contributed by atoms with van der Waals surface area (Å²) in [7, 11) is 0. The van der Waals surface area contributed by atoms with Crippen molar-refractivity contribution in [3.05, 3.63) is 45.7 Å². The average Bonchev–Trinajstić information content (AvgIpc) is 2.84. The Kier molecular flexibility index (Phi) is 3.53. The van der Waals surface area contributed by atoms with Crippen LogP contribution in [0.5, 0.6) is 11.5 Å². The molecule has 2 aromatic rings.